The fraction of sp³-hybridized carbons (Fsp3) is 0.562. The second-order valence-corrected chi connectivity index (χ2v) is 5.29. The van der Waals surface area contributed by atoms with E-state index in [4.69, 9.17) is 5.73 Å². The molecular formula is C16H26N2O. The molecule has 0 aliphatic heterocycles. The Kier molecular flexibility index (Phi) is 6.57. The third-order valence-electron chi connectivity index (χ3n) is 3.33. The first kappa shape index (κ1) is 15.7. The molecule has 19 heavy (non-hydrogen) atoms. The molecule has 0 radical (unpaired) electrons. The highest BCUT2D eigenvalue weighted by Gasteiger charge is 2.09. The molecular weight excluding hydrogens is 236 g/mol. The summed E-state index contributed by atoms with van der Waals surface area (Å²) in [6.45, 7) is 4.80. The van der Waals surface area contributed by atoms with Gasteiger partial charge >= 0.3 is 0 Å². The average Bonchev–Trinajstić information content (AvgIpc) is 2.39. The van der Waals surface area contributed by atoms with Crippen molar-refractivity contribution in [1.29, 1.82) is 0 Å². The predicted molar refractivity (Wildman–Crippen MR) is 79.8 cm³/mol. The van der Waals surface area contributed by atoms with Gasteiger partial charge in [-0.1, -0.05) is 31.2 Å². The highest BCUT2D eigenvalue weighted by atomic mass is 16.2. The smallest absolute Gasteiger partial charge is 0.222 e. The molecule has 106 valence electrons. The summed E-state index contributed by atoms with van der Waals surface area (Å²) < 4.78 is 0. The Morgan fingerprint density at radius 1 is 1.26 bits per heavy atom. The Hall–Kier alpha value is -1.35. The highest BCUT2D eigenvalue weighted by molar-refractivity contribution is 5.75. The van der Waals surface area contributed by atoms with Gasteiger partial charge < -0.3 is 10.6 Å². The number of nitrogens with two attached hydrogens (primary N) is 1. The lowest BCUT2D eigenvalue weighted by Crippen LogP contribution is -2.26. The number of amides is 1. The van der Waals surface area contributed by atoms with Crippen LogP contribution in [0, 0.1) is 0 Å². The van der Waals surface area contributed by atoms with Gasteiger partial charge in [0.05, 0.1) is 0 Å². The zero-order valence-electron chi connectivity index (χ0n) is 12.4. The number of hydrogen-bond acceptors (Lipinski definition) is 2. The van der Waals surface area contributed by atoms with Gasteiger partial charge in [-0.25, -0.2) is 0 Å². The number of benzene rings is 1. The third kappa shape index (κ3) is 5.88. The Morgan fingerprint density at radius 3 is 2.37 bits per heavy atom. The van der Waals surface area contributed by atoms with Gasteiger partial charge in [0, 0.05) is 26.1 Å². The van der Waals surface area contributed by atoms with Gasteiger partial charge in [0.2, 0.25) is 5.91 Å². The summed E-state index contributed by atoms with van der Waals surface area (Å²) in [5.74, 6) is 0.195. The van der Waals surface area contributed by atoms with E-state index < -0.39 is 0 Å². The Labute approximate surface area is 116 Å². The van der Waals surface area contributed by atoms with Gasteiger partial charge in [0.1, 0.15) is 0 Å². The van der Waals surface area contributed by atoms with Crippen LogP contribution in [0.5, 0.6) is 0 Å². The monoisotopic (exact) mass is 262 g/mol. The molecule has 0 aliphatic carbocycles. The maximum Gasteiger partial charge on any atom is 0.222 e. The maximum absolute atomic E-state index is 11.9. The molecule has 3 nitrogen and oxygen atoms in total. The molecule has 0 aliphatic rings. The topological polar surface area (TPSA) is 46.3 Å². The van der Waals surface area contributed by atoms with Crippen molar-refractivity contribution in [3.8, 4) is 0 Å². The van der Waals surface area contributed by atoms with E-state index in [2.05, 4.69) is 31.2 Å². The molecule has 1 rings (SSSR count). The minimum Gasteiger partial charge on any atom is -0.341 e. The first-order chi connectivity index (χ1) is 9.02. The zero-order chi connectivity index (χ0) is 14.3. The van der Waals surface area contributed by atoms with E-state index in [-0.39, 0.29) is 11.9 Å². The van der Waals surface area contributed by atoms with Gasteiger partial charge in [-0.3, -0.25) is 4.79 Å². The van der Waals surface area contributed by atoms with Gasteiger partial charge in [-0.05, 0) is 37.3 Å². The van der Waals surface area contributed by atoms with E-state index in [9.17, 15) is 4.79 Å². The van der Waals surface area contributed by atoms with E-state index in [1.165, 1.54) is 11.1 Å². The van der Waals surface area contributed by atoms with Crippen molar-refractivity contribution in [3.05, 3.63) is 35.4 Å². The van der Waals surface area contributed by atoms with Crippen molar-refractivity contribution in [2.45, 2.75) is 52.1 Å². The summed E-state index contributed by atoms with van der Waals surface area (Å²) in [6, 6.07) is 8.64. The number of rotatable bonds is 7. The fourth-order valence-corrected chi connectivity index (χ4v) is 2.01. The van der Waals surface area contributed by atoms with Crippen LogP contribution in [-0.2, 0) is 17.8 Å². The van der Waals surface area contributed by atoms with Crippen LogP contribution >= 0.6 is 0 Å². The second-order valence-electron chi connectivity index (χ2n) is 5.29. The SMILES string of the molecule is CCc1ccc(CN(C)C(=O)CCCC(C)N)cc1. The molecule has 0 aromatic heterocycles. The van der Waals surface area contributed by atoms with Crippen molar-refractivity contribution in [1.82, 2.24) is 4.90 Å². The van der Waals surface area contributed by atoms with Crippen LogP contribution < -0.4 is 5.73 Å². The Balaban J connectivity index is 2.40. The van der Waals surface area contributed by atoms with Crippen LogP contribution in [0.3, 0.4) is 0 Å². The quantitative estimate of drug-likeness (QED) is 0.821. The van der Waals surface area contributed by atoms with E-state index in [1.54, 1.807) is 4.90 Å². The van der Waals surface area contributed by atoms with E-state index in [0.29, 0.717) is 13.0 Å². The highest BCUT2D eigenvalue weighted by Crippen LogP contribution is 2.09. The van der Waals surface area contributed by atoms with Gasteiger partial charge in [-0.2, -0.15) is 0 Å². The minimum absolute atomic E-state index is 0.180. The first-order valence-corrected chi connectivity index (χ1v) is 7.10. The molecule has 3 heteroatoms. The predicted octanol–water partition coefficient (Wildman–Crippen LogP) is 2.72. The Bertz CT molecular complexity index is 384. The van der Waals surface area contributed by atoms with Crippen molar-refractivity contribution < 1.29 is 4.79 Å². The standard InChI is InChI=1S/C16H26N2O/c1-4-14-8-10-15(11-9-14)12-18(3)16(19)7-5-6-13(2)17/h8-11,13H,4-7,12,17H2,1-3H3. The molecule has 2 N–H and O–H groups in total. The molecule has 1 unspecified atom stereocenters. The van der Waals surface area contributed by atoms with Gasteiger partial charge in [0.15, 0.2) is 0 Å². The molecule has 0 spiro atoms. The number of carbonyl (C=O) groups excluding carboxylic acids is 1. The van der Waals surface area contributed by atoms with E-state index >= 15 is 0 Å². The van der Waals surface area contributed by atoms with Crippen LogP contribution in [-0.4, -0.2) is 23.9 Å². The lowest BCUT2D eigenvalue weighted by atomic mass is 10.1. The zero-order valence-corrected chi connectivity index (χ0v) is 12.4. The first-order valence-electron chi connectivity index (χ1n) is 7.10. The van der Waals surface area contributed by atoms with Crippen molar-refractivity contribution in [3.63, 3.8) is 0 Å². The number of nitrogens with zero attached hydrogens (tertiary/aromatic N) is 1. The van der Waals surface area contributed by atoms with Crippen LogP contribution in [0.1, 0.15) is 44.2 Å². The maximum atomic E-state index is 11.9. The fourth-order valence-electron chi connectivity index (χ4n) is 2.01. The number of carbonyl (C=O) groups is 1. The lowest BCUT2D eigenvalue weighted by Gasteiger charge is -2.17. The second kappa shape index (κ2) is 7.95. The van der Waals surface area contributed by atoms with Crippen LogP contribution in [0.2, 0.25) is 0 Å². The lowest BCUT2D eigenvalue weighted by molar-refractivity contribution is -0.130. The number of hydrogen-bond donors (Lipinski definition) is 1. The van der Waals surface area contributed by atoms with Crippen molar-refractivity contribution in [2.75, 3.05) is 7.05 Å². The summed E-state index contributed by atoms with van der Waals surface area (Å²) in [6.07, 6.45) is 3.41. The van der Waals surface area contributed by atoms with Crippen molar-refractivity contribution in [2.24, 2.45) is 5.73 Å². The normalized spacial score (nSPS) is 12.2. The molecule has 1 atom stereocenters. The summed E-state index contributed by atoms with van der Waals surface area (Å²) >= 11 is 0. The van der Waals surface area contributed by atoms with Crippen molar-refractivity contribution >= 4 is 5.91 Å². The molecule has 1 aromatic rings. The summed E-state index contributed by atoms with van der Waals surface area (Å²) in [4.78, 5) is 13.7. The van der Waals surface area contributed by atoms with E-state index in [1.807, 2.05) is 14.0 Å². The minimum atomic E-state index is 0.180. The molecule has 0 fully saturated rings. The molecule has 0 heterocycles. The summed E-state index contributed by atoms with van der Waals surface area (Å²) in [5, 5.41) is 0. The van der Waals surface area contributed by atoms with Crippen LogP contribution in [0.15, 0.2) is 24.3 Å². The molecule has 0 saturated carbocycles. The van der Waals surface area contributed by atoms with Gasteiger partial charge in [-0.15, -0.1) is 0 Å². The van der Waals surface area contributed by atoms with Crippen LogP contribution in [0.4, 0.5) is 0 Å². The Morgan fingerprint density at radius 2 is 1.84 bits per heavy atom. The molecule has 1 amide bonds. The third-order valence-corrected chi connectivity index (χ3v) is 3.33. The summed E-state index contributed by atoms with van der Waals surface area (Å²) in [5.41, 5.74) is 8.19. The average molecular weight is 262 g/mol. The molecule has 0 saturated heterocycles. The molecule has 0 bridgehead atoms. The molecule has 1 aromatic carbocycles. The van der Waals surface area contributed by atoms with Crippen LogP contribution in [0.25, 0.3) is 0 Å². The van der Waals surface area contributed by atoms with Gasteiger partial charge in [0.25, 0.3) is 0 Å². The number of aryl methyl sites for hydroxylation is 1. The summed E-state index contributed by atoms with van der Waals surface area (Å²) in [7, 11) is 1.86. The largest absolute Gasteiger partial charge is 0.341 e. The van der Waals surface area contributed by atoms with E-state index in [0.717, 1.165) is 19.3 Å².